The largest absolute Gasteiger partial charge is 0.466 e. The molecule has 2 amide bonds. The first-order valence-electron chi connectivity index (χ1n) is 13.1. The zero-order valence-corrected chi connectivity index (χ0v) is 21.6. The molecule has 3 saturated heterocycles. The third-order valence-electron chi connectivity index (χ3n) is 7.94. The van der Waals surface area contributed by atoms with Crippen LogP contribution in [0.15, 0.2) is 30.9 Å². The van der Waals surface area contributed by atoms with Crippen molar-refractivity contribution in [2.75, 3.05) is 31.2 Å². The highest BCUT2D eigenvalue weighted by molar-refractivity contribution is 6.05. The number of anilines is 1. The van der Waals surface area contributed by atoms with Crippen LogP contribution in [0.1, 0.15) is 50.2 Å². The van der Waals surface area contributed by atoms with E-state index in [0.717, 1.165) is 23.2 Å². The van der Waals surface area contributed by atoms with Crippen LogP contribution in [0.5, 0.6) is 0 Å². The molecule has 1 aromatic carbocycles. The molecule has 8 nitrogen and oxygen atoms in total. The molecule has 2 unspecified atom stereocenters. The highest BCUT2D eigenvalue weighted by atomic mass is 16.6. The molecule has 2 bridgehead atoms. The molecule has 1 N–H and O–H groups in total. The zero-order valence-electron chi connectivity index (χ0n) is 21.6. The summed E-state index contributed by atoms with van der Waals surface area (Å²) in [4.78, 5) is 44.7. The molecular weight excluding hydrogens is 460 g/mol. The Morgan fingerprint density at radius 2 is 2.00 bits per heavy atom. The van der Waals surface area contributed by atoms with Gasteiger partial charge in [0.2, 0.25) is 5.91 Å². The van der Waals surface area contributed by atoms with Crippen LogP contribution < -0.4 is 4.90 Å². The highest BCUT2D eigenvalue weighted by Crippen LogP contribution is 2.59. The lowest BCUT2D eigenvalue weighted by Crippen LogP contribution is -2.56. The Labute approximate surface area is 213 Å². The summed E-state index contributed by atoms with van der Waals surface area (Å²) < 4.78 is 11.8. The molecule has 3 aliphatic heterocycles. The van der Waals surface area contributed by atoms with Crippen molar-refractivity contribution in [1.82, 2.24) is 4.90 Å². The Hall–Kier alpha value is -2.71. The van der Waals surface area contributed by atoms with E-state index in [0.29, 0.717) is 38.8 Å². The van der Waals surface area contributed by atoms with Crippen molar-refractivity contribution in [3.63, 3.8) is 0 Å². The number of aliphatic hydroxyl groups excluding tert-OH is 1. The van der Waals surface area contributed by atoms with E-state index in [4.69, 9.17) is 9.47 Å². The van der Waals surface area contributed by atoms with Gasteiger partial charge in [-0.3, -0.25) is 14.4 Å². The lowest BCUT2D eigenvalue weighted by molar-refractivity contribution is -0.154. The molecule has 5 atom stereocenters. The van der Waals surface area contributed by atoms with Gasteiger partial charge in [-0.25, -0.2) is 0 Å². The van der Waals surface area contributed by atoms with Crippen molar-refractivity contribution in [3.05, 3.63) is 42.0 Å². The molecule has 1 spiro atoms. The van der Waals surface area contributed by atoms with Gasteiger partial charge in [0.05, 0.1) is 24.5 Å². The number of hydrogen-bond acceptors (Lipinski definition) is 6. The van der Waals surface area contributed by atoms with E-state index >= 15 is 0 Å². The van der Waals surface area contributed by atoms with E-state index in [1.54, 1.807) is 22.8 Å². The van der Waals surface area contributed by atoms with Gasteiger partial charge < -0.3 is 24.4 Å². The summed E-state index contributed by atoms with van der Waals surface area (Å²) in [5.74, 6) is -2.27. The number of ether oxygens (including phenoxy) is 2. The number of para-hydroxylation sites is 1. The fraction of sp³-hybridized carbons (Fsp3) is 0.607. The van der Waals surface area contributed by atoms with Crippen LogP contribution in [0, 0.1) is 25.7 Å². The summed E-state index contributed by atoms with van der Waals surface area (Å²) in [6.45, 7) is 10.5. The number of carbonyl (C=O) groups excluding carboxylic acids is 3. The number of aliphatic hydroxyl groups is 1. The maximum atomic E-state index is 14.5. The number of amides is 2. The molecule has 0 saturated carbocycles. The van der Waals surface area contributed by atoms with Crippen LogP contribution >= 0.6 is 0 Å². The molecule has 3 aliphatic rings. The third kappa shape index (κ3) is 4.24. The second-order valence-electron chi connectivity index (χ2n) is 10.1. The second-order valence-corrected chi connectivity index (χ2v) is 10.1. The van der Waals surface area contributed by atoms with Gasteiger partial charge in [-0.15, -0.1) is 6.58 Å². The van der Waals surface area contributed by atoms with Crippen molar-refractivity contribution in [2.24, 2.45) is 11.8 Å². The van der Waals surface area contributed by atoms with Crippen molar-refractivity contribution in [2.45, 2.75) is 70.6 Å². The standard InChI is InChI=1S/C28H38N2O6/c1-5-15-29(23-18(3)11-10-12-19(23)4)26(33)24-28-14-13-20(36-28)21(27(34)35-6-2)22(28)25(32)30(24)16-8-7-9-17-31/h5,10-12,20-22,24,31H,1,6-9,13-17H2,2-4H3/t20-,21+,22+,24?,28?/m1/s1. The highest BCUT2D eigenvalue weighted by Gasteiger charge is 2.75. The summed E-state index contributed by atoms with van der Waals surface area (Å²) >= 11 is 0. The first kappa shape index (κ1) is 26.4. The van der Waals surface area contributed by atoms with E-state index < -0.39 is 35.6 Å². The van der Waals surface area contributed by atoms with E-state index in [1.807, 2.05) is 32.0 Å². The Bertz CT molecular complexity index is 1010. The number of carbonyl (C=O) groups is 3. The quantitative estimate of drug-likeness (QED) is 0.286. The molecule has 1 aromatic rings. The van der Waals surface area contributed by atoms with E-state index in [1.165, 1.54) is 0 Å². The smallest absolute Gasteiger partial charge is 0.312 e. The van der Waals surface area contributed by atoms with Gasteiger partial charge in [-0.05, 0) is 64.0 Å². The lowest BCUT2D eigenvalue weighted by atomic mass is 9.70. The van der Waals surface area contributed by atoms with Gasteiger partial charge in [-0.1, -0.05) is 24.3 Å². The van der Waals surface area contributed by atoms with Gasteiger partial charge in [0.15, 0.2) is 0 Å². The molecule has 0 aromatic heterocycles. The van der Waals surface area contributed by atoms with Gasteiger partial charge >= 0.3 is 5.97 Å². The van der Waals surface area contributed by atoms with Crippen molar-refractivity contribution >= 4 is 23.5 Å². The SMILES string of the molecule is C=CCN(C(=O)C1N(CCCCCO)C(=O)[C@@H]2[C@@H](C(=O)OCC)[C@H]3CCC12O3)c1c(C)cccc1C. The fourth-order valence-electron chi connectivity index (χ4n) is 6.55. The molecule has 4 rings (SSSR count). The monoisotopic (exact) mass is 498 g/mol. The summed E-state index contributed by atoms with van der Waals surface area (Å²) in [6.07, 6.45) is 4.44. The molecule has 0 radical (unpaired) electrons. The van der Waals surface area contributed by atoms with Crippen molar-refractivity contribution < 1.29 is 29.0 Å². The van der Waals surface area contributed by atoms with Gasteiger partial charge in [0, 0.05) is 25.4 Å². The van der Waals surface area contributed by atoms with Gasteiger partial charge in [-0.2, -0.15) is 0 Å². The summed E-state index contributed by atoms with van der Waals surface area (Å²) in [7, 11) is 0. The van der Waals surface area contributed by atoms with E-state index in [-0.39, 0.29) is 25.0 Å². The minimum absolute atomic E-state index is 0.0816. The number of likely N-dealkylation sites (tertiary alicyclic amines) is 1. The number of esters is 1. The molecule has 3 heterocycles. The molecule has 3 fully saturated rings. The Kier molecular flexibility index (Phi) is 7.85. The lowest BCUT2D eigenvalue weighted by Gasteiger charge is -2.37. The first-order chi connectivity index (χ1) is 17.3. The minimum atomic E-state index is -1.05. The predicted molar refractivity (Wildman–Crippen MR) is 135 cm³/mol. The number of fused-ring (bicyclic) bond motifs is 1. The van der Waals surface area contributed by atoms with Crippen LogP contribution in [0.2, 0.25) is 0 Å². The molecule has 196 valence electrons. The number of aryl methyl sites for hydroxylation is 2. The van der Waals surface area contributed by atoms with Crippen molar-refractivity contribution in [1.29, 1.82) is 0 Å². The predicted octanol–water partition coefficient (Wildman–Crippen LogP) is 2.92. The minimum Gasteiger partial charge on any atom is -0.466 e. The molecular formula is C28H38N2O6. The second kappa shape index (κ2) is 10.7. The van der Waals surface area contributed by atoms with Gasteiger partial charge in [0.25, 0.3) is 5.91 Å². The first-order valence-corrected chi connectivity index (χ1v) is 13.1. The van der Waals surface area contributed by atoms with E-state index in [9.17, 15) is 19.5 Å². The average Bonchev–Trinajstić information content (AvgIpc) is 3.48. The summed E-state index contributed by atoms with van der Waals surface area (Å²) in [5.41, 5.74) is 1.67. The van der Waals surface area contributed by atoms with Crippen LogP contribution in [-0.4, -0.2) is 71.8 Å². The average molecular weight is 499 g/mol. The van der Waals surface area contributed by atoms with Crippen LogP contribution in [0.4, 0.5) is 5.69 Å². The fourth-order valence-corrected chi connectivity index (χ4v) is 6.55. The number of hydrogen-bond donors (Lipinski definition) is 1. The summed E-state index contributed by atoms with van der Waals surface area (Å²) in [6, 6.07) is 5.05. The van der Waals surface area contributed by atoms with Gasteiger partial charge in [0.1, 0.15) is 11.6 Å². The summed E-state index contributed by atoms with van der Waals surface area (Å²) in [5, 5.41) is 9.20. The normalized spacial score (nSPS) is 28.3. The number of nitrogens with zero attached hydrogens (tertiary/aromatic N) is 2. The zero-order chi connectivity index (χ0) is 26.0. The van der Waals surface area contributed by atoms with E-state index in [2.05, 4.69) is 6.58 Å². The molecule has 8 heteroatoms. The molecule has 0 aliphatic carbocycles. The number of benzene rings is 1. The van der Waals surface area contributed by atoms with Crippen LogP contribution in [0.3, 0.4) is 0 Å². The van der Waals surface area contributed by atoms with Crippen molar-refractivity contribution in [3.8, 4) is 0 Å². The Morgan fingerprint density at radius 3 is 2.64 bits per heavy atom. The number of rotatable bonds is 11. The molecule has 36 heavy (non-hydrogen) atoms. The topological polar surface area (TPSA) is 96.4 Å². The van der Waals surface area contributed by atoms with Crippen LogP contribution in [0.25, 0.3) is 0 Å². The Morgan fingerprint density at radius 1 is 1.28 bits per heavy atom. The maximum Gasteiger partial charge on any atom is 0.312 e. The third-order valence-corrected chi connectivity index (χ3v) is 7.94. The number of unbranched alkanes of at least 4 members (excludes halogenated alkanes) is 2. The van der Waals surface area contributed by atoms with Crippen LogP contribution in [-0.2, 0) is 23.9 Å². The Balaban J connectivity index is 1.76. The maximum absolute atomic E-state index is 14.5.